The van der Waals surface area contributed by atoms with E-state index in [1.165, 1.54) is 18.9 Å². The van der Waals surface area contributed by atoms with Gasteiger partial charge in [-0.05, 0) is 24.3 Å². The summed E-state index contributed by atoms with van der Waals surface area (Å²) in [7, 11) is 2.48. The molecule has 2 aromatic carbocycles. The third kappa shape index (κ3) is 4.24. The van der Waals surface area contributed by atoms with E-state index in [0.29, 0.717) is 23.4 Å². The number of benzene rings is 2. The average molecular weight is 404 g/mol. The van der Waals surface area contributed by atoms with E-state index in [9.17, 15) is 9.59 Å². The summed E-state index contributed by atoms with van der Waals surface area (Å²) >= 11 is 0. The monoisotopic (exact) mass is 404 g/mol. The van der Waals surface area contributed by atoms with Gasteiger partial charge in [0.05, 0.1) is 26.5 Å². The van der Waals surface area contributed by atoms with Crippen LogP contribution in [0.3, 0.4) is 0 Å². The number of hydrogen-bond donors (Lipinski definition) is 1. The van der Waals surface area contributed by atoms with Crippen molar-refractivity contribution in [3.63, 3.8) is 0 Å². The van der Waals surface area contributed by atoms with Gasteiger partial charge in [0, 0.05) is 17.5 Å². The second kappa shape index (κ2) is 9.54. The molecular formula is C23H20N2O5. The smallest absolute Gasteiger partial charge is 0.357 e. The Morgan fingerprint density at radius 3 is 2.27 bits per heavy atom. The number of aliphatic hydroxyl groups is 1. The number of para-hydroxylation sites is 1. The summed E-state index contributed by atoms with van der Waals surface area (Å²) in [5.74, 6) is 4.39. The van der Waals surface area contributed by atoms with Crippen LogP contribution in [0, 0.1) is 11.8 Å². The molecule has 0 atom stereocenters. The molecule has 3 rings (SSSR count). The average Bonchev–Trinajstić information content (AvgIpc) is 3.20. The maximum Gasteiger partial charge on any atom is 0.357 e. The largest absolute Gasteiger partial charge is 0.465 e. The topological polar surface area (TPSA) is 90.6 Å². The minimum atomic E-state index is -0.704. The van der Waals surface area contributed by atoms with Gasteiger partial charge < -0.3 is 14.6 Å². The zero-order valence-corrected chi connectivity index (χ0v) is 16.6. The van der Waals surface area contributed by atoms with Crippen molar-refractivity contribution in [2.24, 2.45) is 0 Å². The first kappa shape index (κ1) is 20.8. The third-order valence-electron chi connectivity index (χ3n) is 4.28. The fourth-order valence-corrected chi connectivity index (χ4v) is 2.89. The van der Waals surface area contributed by atoms with Gasteiger partial charge in [-0.1, -0.05) is 42.2 Å². The first-order valence-electron chi connectivity index (χ1n) is 9.16. The normalized spacial score (nSPS) is 10.1. The molecular weight excluding hydrogens is 384 g/mol. The van der Waals surface area contributed by atoms with Gasteiger partial charge in [0.2, 0.25) is 0 Å². The SMILES string of the molecule is COC(=O)c1c(-c2ccc(C#CCCO)cc2)nn(-c2ccccc2)c1C(=O)OC. The van der Waals surface area contributed by atoms with Crippen molar-refractivity contribution in [3.8, 4) is 28.8 Å². The van der Waals surface area contributed by atoms with Crippen LogP contribution in [-0.4, -0.2) is 47.7 Å². The molecule has 1 heterocycles. The van der Waals surface area contributed by atoms with E-state index in [1.807, 2.05) is 6.07 Å². The first-order chi connectivity index (χ1) is 14.6. The molecule has 3 aromatic rings. The lowest BCUT2D eigenvalue weighted by Gasteiger charge is -2.07. The number of ether oxygens (including phenoxy) is 2. The number of rotatable bonds is 5. The Morgan fingerprint density at radius 1 is 1.00 bits per heavy atom. The maximum absolute atomic E-state index is 12.6. The molecule has 0 bridgehead atoms. The molecule has 0 aliphatic carbocycles. The number of carbonyl (C=O) groups is 2. The van der Waals surface area contributed by atoms with E-state index in [-0.39, 0.29) is 17.9 Å². The highest BCUT2D eigenvalue weighted by Gasteiger charge is 2.31. The lowest BCUT2D eigenvalue weighted by atomic mass is 10.0. The standard InChI is InChI=1S/C23H20N2O5/c1-29-22(27)19-20(17-13-11-16(12-14-17)8-6-7-15-26)24-25(21(19)23(28)30-2)18-9-4-3-5-10-18/h3-5,9-14,26H,7,15H2,1-2H3. The first-order valence-corrected chi connectivity index (χ1v) is 9.16. The summed E-state index contributed by atoms with van der Waals surface area (Å²) in [6.45, 7) is 0.000793. The van der Waals surface area contributed by atoms with Gasteiger partial charge in [-0.3, -0.25) is 0 Å². The fraction of sp³-hybridized carbons (Fsp3) is 0.174. The minimum Gasteiger partial charge on any atom is -0.465 e. The number of aliphatic hydroxyl groups excluding tert-OH is 1. The van der Waals surface area contributed by atoms with Crippen molar-refractivity contribution in [1.29, 1.82) is 0 Å². The van der Waals surface area contributed by atoms with Crippen LogP contribution < -0.4 is 0 Å². The summed E-state index contributed by atoms with van der Waals surface area (Å²) in [5, 5.41) is 13.4. The Balaban J connectivity index is 2.19. The summed E-state index contributed by atoms with van der Waals surface area (Å²) in [6.07, 6.45) is 0.387. The van der Waals surface area contributed by atoms with E-state index in [2.05, 4.69) is 16.9 Å². The van der Waals surface area contributed by atoms with Crippen molar-refractivity contribution >= 4 is 11.9 Å². The Hall–Kier alpha value is -3.89. The molecule has 0 radical (unpaired) electrons. The van der Waals surface area contributed by atoms with E-state index in [0.717, 1.165) is 5.56 Å². The highest BCUT2D eigenvalue weighted by atomic mass is 16.5. The lowest BCUT2D eigenvalue weighted by molar-refractivity contribution is 0.0549. The summed E-state index contributed by atoms with van der Waals surface area (Å²) in [6, 6.07) is 16.0. The molecule has 0 aliphatic rings. The van der Waals surface area contributed by atoms with Crippen molar-refractivity contribution in [1.82, 2.24) is 9.78 Å². The van der Waals surface area contributed by atoms with Crippen LogP contribution in [0.1, 0.15) is 32.8 Å². The summed E-state index contributed by atoms with van der Waals surface area (Å²) < 4.78 is 11.2. The van der Waals surface area contributed by atoms with Gasteiger partial charge in [-0.2, -0.15) is 5.10 Å². The number of carbonyl (C=O) groups excluding carboxylic acids is 2. The molecule has 0 aliphatic heterocycles. The second-order valence-electron chi connectivity index (χ2n) is 6.16. The van der Waals surface area contributed by atoms with Gasteiger partial charge in [-0.15, -0.1) is 0 Å². The molecule has 0 spiro atoms. The highest BCUT2D eigenvalue weighted by molar-refractivity contribution is 6.06. The van der Waals surface area contributed by atoms with Gasteiger partial charge in [0.25, 0.3) is 0 Å². The molecule has 0 unspecified atom stereocenters. The lowest BCUT2D eigenvalue weighted by Crippen LogP contribution is -2.15. The van der Waals surface area contributed by atoms with Crippen LogP contribution in [0.25, 0.3) is 16.9 Å². The Kier molecular flexibility index (Phi) is 6.63. The summed E-state index contributed by atoms with van der Waals surface area (Å²) in [5.41, 5.74) is 2.26. The summed E-state index contributed by atoms with van der Waals surface area (Å²) in [4.78, 5) is 25.2. The number of methoxy groups -OCH3 is 2. The van der Waals surface area contributed by atoms with E-state index in [1.54, 1.807) is 48.5 Å². The van der Waals surface area contributed by atoms with Gasteiger partial charge in [-0.25, -0.2) is 14.3 Å². The Morgan fingerprint density at radius 2 is 1.67 bits per heavy atom. The van der Waals surface area contributed by atoms with Crippen molar-refractivity contribution in [2.45, 2.75) is 6.42 Å². The molecule has 0 saturated heterocycles. The zero-order valence-electron chi connectivity index (χ0n) is 16.6. The molecule has 0 saturated carbocycles. The van der Waals surface area contributed by atoms with Gasteiger partial charge in [0.1, 0.15) is 11.3 Å². The molecule has 1 N–H and O–H groups in total. The van der Waals surface area contributed by atoms with Gasteiger partial charge >= 0.3 is 11.9 Å². The predicted molar refractivity (Wildman–Crippen MR) is 110 cm³/mol. The van der Waals surface area contributed by atoms with Crippen LogP contribution in [0.2, 0.25) is 0 Å². The third-order valence-corrected chi connectivity index (χ3v) is 4.28. The minimum absolute atomic E-state index is 0.000793. The van der Waals surface area contributed by atoms with Crippen LogP contribution in [0.5, 0.6) is 0 Å². The number of hydrogen-bond acceptors (Lipinski definition) is 6. The van der Waals surface area contributed by atoms with E-state index < -0.39 is 11.9 Å². The predicted octanol–water partition coefficient (Wildman–Crippen LogP) is 2.85. The zero-order chi connectivity index (χ0) is 21.5. The quantitative estimate of drug-likeness (QED) is 0.519. The molecule has 7 heteroatoms. The van der Waals surface area contributed by atoms with Crippen molar-refractivity contribution in [3.05, 3.63) is 71.4 Å². The van der Waals surface area contributed by atoms with Crippen molar-refractivity contribution < 1.29 is 24.2 Å². The number of nitrogens with zero attached hydrogens (tertiary/aromatic N) is 2. The Labute approximate surface area is 173 Å². The number of aromatic nitrogens is 2. The number of esters is 2. The Bertz CT molecular complexity index is 1110. The molecule has 0 fully saturated rings. The second-order valence-corrected chi connectivity index (χ2v) is 6.16. The molecule has 30 heavy (non-hydrogen) atoms. The molecule has 1 aromatic heterocycles. The maximum atomic E-state index is 12.6. The van der Waals surface area contributed by atoms with Crippen LogP contribution >= 0.6 is 0 Å². The fourth-order valence-electron chi connectivity index (χ4n) is 2.89. The van der Waals surface area contributed by atoms with Crippen LogP contribution in [0.15, 0.2) is 54.6 Å². The molecule has 7 nitrogen and oxygen atoms in total. The van der Waals surface area contributed by atoms with E-state index in [4.69, 9.17) is 14.6 Å². The van der Waals surface area contributed by atoms with E-state index >= 15 is 0 Å². The molecule has 152 valence electrons. The van der Waals surface area contributed by atoms with Gasteiger partial charge in [0.15, 0.2) is 5.69 Å². The highest BCUT2D eigenvalue weighted by Crippen LogP contribution is 2.29. The van der Waals surface area contributed by atoms with Crippen molar-refractivity contribution in [2.75, 3.05) is 20.8 Å². The van der Waals surface area contributed by atoms with Crippen LogP contribution in [-0.2, 0) is 9.47 Å². The van der Waals surface area contributed by atoms with Crippen LogP contribution in [0.4, 0.5) is 0 Å². The molecule has 0 amide bonds.